The average molecular weight is 430 g/mol. The fourth-order valence-electron chi connectivity index (χ4n) is 4.77. The summed E-state index contributed by atoms with van der Waals surface area (Å²) in [6.07, 6.45) is 3.86. The van der Waals surface area contributed by atoms with Gasteiger partial charge in [-0.1, -0.05) is 6.92 Å². The van der Waals surface area contributed by atoms with Gasteiger partial charge in [-0.05, 0) is 58.0 Å². The van der Waals surface area contributed by atoms with Crippen LogP contribution in [0.4, 0.5) is 5.69 Å². The number of carbonyl (C=O) groups excluding carboxylic acids is 2. The number of fused-ring (bicyclic) bond motifs is 1. The lowest BCUT2D eigenvalue weighted by atomic mass is 9.78. The largest absolute Gasteiger partial charge is 0.397 e. The predicted octanol–water partition coefficient (Wildman–Crippen LogP) is 2.46. The van der Waals surface area contributed by atoms with Crippen LogP contribution in [0, 0.1) is 5.92 Å². The number of pyridine rings is 1. The van der Waals surface area contributed by atoms with E-state index in [0.717, 1.165) is 61.2 Å². The van der Waals surface area contributed by atoms with E-state index in [-0.39, 0.29) is 17.2 Å². The van der Waals surface area contributed by atoms with Crippen molar-refractivity contribution in [2.24, 2.45) is 5.92 Å². The molecule has 2 fully saturated rings. The first-order valence-electron chi connectivity index (χ1n) is 10.7. The number of thiophene rings is 1. The molecule has 2 amide bonds. The van der Waals surface area contributed by atoms with Gasteiger partial charge in [-0.25, -0.2) is 4.98 Å². The van der Waals surface area contributed by atoms with Gasteiger partial charge in [0, 0.05) is 42.6 Å². The Bertz CT molecular complexity index is 966. The second-order valence-electron chi connectivity index (χ2n) is 8.97. The molecule has 2 aliphatic rings. The number of amides is 2. The normalized spacial score (nSPS) is 23.6. The second kappa shape index (κ2) is 8.15. The zero-order valence-corrected chi connectivity index (χ0v) is 18.8. The Morgan fingerprint density at radius 3 is 2.70 bits per heavy atom. The molecule has 2 saturated heterocycles. The lowest BCUT2D eigenvalue weighted by Gasteiger charge is -2.42. The van der Waals surface area contributed by atoms with Gasteiger partial charge < -0.3 is 20.9 Å². The number of nitrogens with zero attached hydrogens (tertiary/aromatic N) is 3. The van der Waals surface area contributed by atoms with Crippen molar-refractivity contribution < 1.29 is 9.59 Å². The van der Waals surface area contributed by atoms with Gasteiger partial charge in [-0.3, -0.25) is 9.59 Å². The van der Waals surface area contributed by atoms with Crippen LogP contribution in [-0.4, -0.2) is 66.9 Å². The molecule has 0 aliphatic carbocycles. The quantitative estimate of drug-likeness (QED) is 0.782. The number of hydrogen-bond donors (Lipinski definition) is 2. The highest BCUT2D eigenvalue weighted by molar-refractivity contribution is 7.21. The smallest absolute Gasteiger partial charge is 0.263 e. The molecule has 2 aliphatic heterocycles. The molecule has 4 heterocycles. The Hall–Kier alpha value is -2.19. The van der Waals surface area contributed by atoms with Gasteiger partial charge in [0.05, 0.1) is 5.69 Å². The Balaban J connectivity index is 1.57. The van der Waals surface area contributed by atoms with Crippen LogP contribution in [0.2, 0.25) is 0 Å². The van der Waals surface area contributed by atoms with E-state index in [4.69, 9.17) is 10.7 Å². The van der Waals surface area contributed by atoms with Gasteiger partial charge in [0.25, 0.3) is 5.91 Å². The first-order valence-corrected chi connectivity index (χ1v) is 11.5. The van der Waals surface area contributed by atoms with Crippen LogP contribution in [0.1, 0.15) is 48.0 Å². The number of likely N-dealkylation sites (tertiary alicyclic amines) is 2. The monoisotopic (exact) mass is 429 g/mol. The van der Waals surface area contributed by atoms with Crippen molar-refractivity contribution in [3.8, 4) is 0 Å². The van der Waals surface area contributed by atoms with E-state index in [1.807, 2.05) is 12.1 Å². The molecule has 0 bridgehead atoms. The van der Waals surface area contributed by atoms with E-state index in [1.54, 1.807) is 7.05 Å². The molecular formula is C22H31N5O2S. The number of hydrogen-bond acceptors (Lipinski definition) is 6. The molecule has 162 valence electrons. The molecule has 0 aromatic carbocycles. The molecule has 2 aromatic rings. The Morgan fingerprint density at radius 1 is 1.27 bits per heavy atom. The molecule has 7 nitrogen and oxygen atoms in total. The van der Waals surface area contributed by atoms with Crippen LogP contribution in [0.15, 0.2) is 12.1 Å². The van der Waals surface area contributed by atoms with Gasteiger partial charge in [0.15, 0.2) is 0 Å². The molecule has 3 N–H and O–H groups in total. The number of piperidine rings is 2. The van der Waals surface area contributed by atoms with E-state index in [0.29, 0.717) is 23.0 Å². The van der Waals surface area contributed by atoms with E-state index in [1.165, 1.54) is 11.3 Å². The van der Waals surface area contributed by atoms with Crippen molar-refractivity contribution in [3.05, 3.63) is 22.7 Å². The Labute approximate surface area is 181 Å². The molecule has 30 heavy (non-hydrogen) atoms. The maximum atomic E-state index is 13.2. The molecule has 2 aromatic heterocycles. The Kier molecular flexibility index (Phi) is 5.72. The van der Waals surface area contributed by atoms with E-state index in [9.17, 15) is 9.59 Å². The van der Waals surface area contributed by atoms with Crippen molar-refractivity contribution in [1.82, 2.24) is 20.1 Å². The summed E-state index contributed by atoms with van der Waals surface area (Å²) in [5.41, 5.74) is 7.45. The number of aromatic nitrogens is 1. The van der Waals surface area contributed by atoms with Crippen LogP contribution < -0.4 is 11.1 Å². The number of carbonyl (C=O) groups is 2. The summed E-state index contributed by atoms with van der Waals surface area (Å²) >= 11 is 1.33. The molecule has 0 radical (unpaired) electrons. The molecule has 4 rings (SSSR count). The van der Waals surface area contributed by atoms with Crippen LogP contribution in [0.5, 0.6) is 0 Å². The maximum absolute atomic E-state index is 13.2. The lowest BCUT2D eigenvalue weighted by Crippen LogP contribution is -2.50. The van der Waals surface area contributed by atoms with Crippen molar-refractivity contribution in [3.63, 3.8) is 0 Å². The summed E-state index contributed by atoms with van der Waals surface area (Å²) in [5, 5.41) is 3.46. The SMILES string of the molecule is CNC(=O)c1sc2nc(C3(C)CCCN(C(=O)C4CCN(C)CC4)C3)ccc2c1N. The number of rotatable bonds is 3. The minimum Gasteiger partial charge on any atom is -0.397 e. The highest BCUT2D eigenvalue weighted by atomic mass is 32.1. The van der Waals surface area contributed by atoms with Crippen molar-refractivity contribution >= 4 is 39.1 Å². The van der Waals surface area contributed by atoms with Gasteiger partial charge >= 0.3 is 0 Å². The summed E-state index contributed by atoms with van der Waals surface area (Å²) in [7, 11) is 3.72. The molecule has 1 atom stereocenters. The van der Waals surface area contributed by atoms with Gasteiger partial charge in [-0.2, -0.15) is 0 Å². The minimum absolute atomic E-state index is 0.145. The predicted molar refractivity (Wildman–Crippen MR) is 121 cm³/mol. The van der Waals surface area contributed by atoms with Crippen molar-refractivity contribution in [2.45, 2.75) is 38.0 Å². The third-order valence-electron chi connectivity index (χ3n) is 6.72. The topological polar surface area (TPSA) is 91.6 Å². The van der Waals surface area contributed by atoms with Gasteiger partial charge in [0.2, 0.25) is 5.91 Å². The average Bonchev–Trinajstić information content (AvgIpc) is 3.09. The van der Waals surface area contributed by atoms with Gasteiger partial charge in [0.1, 0.15) is 9.71 Å². The van der Waals surface area contributed by atoms with Crippen molar-refractivity contribution in [2.75, 3.05) is 46.0 Å². The van der Waals surface area contributed by atoms with Gasteiger partial charge in [-0.15, -0.1) is 11.3 Å². The summed E-state index contributed by atoms with van der Waals surface area (Å²) in [6, 6.07) is 3.99. The highest BCUT2D eigenvalue weighted by Crippen LogP contribution is 2.38. The fraction of sp³-hybridized carbons (Fsp3) is 0.591. The second-order valence-corrected chi connectivity index (χ2v) is 9.97. The standard InChI is InChI=1S/C22H31N5O2S/c1-22(9-4-10-27(13-22)21(29)14-7-11-26(3)12-8-14)16-6-5-15-17(23)18(19(28)24-2)30-20(15)25-16/h5-6,14H,4,7-13,23H2,1-3H3,(H,24,28). The minimum atomic E-state index is -0.195. The van der Waals surface area contributed by atoms with E-state index in [2.05, 4.69) is 29.1 Å². The lowest BCUT2D eigenvalue weighted by molar-refractivity contribution is -0.139. The number of nitrogen functional groups attached to an aromatic ring is 1. The van der Waals surface area contributed by atoms with E-state index >= 15 is 0 Å². The van der Waals surface area contributed by atoms with Crippen LogP contribution in [0.3, 0.4) is 0 Å². The number of nitrogens with one attached hydrogen (secondary N) is 1. The summed E-state index contributed by atoms with van der Waals surface area (Å²) < 4.78 is 0. The zero-order chi connectivity index (χ0) is 21.5. The first kappa shape index (κ1) is 21.1. The first-order chi connectivity index (χ1) is 14.3. The fourth-order valence-corrected chi connectivity index (χ4v) is 5.81. The summed E-state index contributed by atoms with van der Waals surface area (Å²) in [5.74, 6) is 0.263. The van der Waals surface area contributed by atoms with Crippen LogP contribution in [-0.2, 0) is 10.2 Å². The highest BCUT2D eigenvalue weighted by Gasteiger charge is 2.38. The molecule has 0 spiro atoms. The summed E-state index contributed by atoms with van der Waals surface area (Å²) in [6.45, 7) is 5.71. The molecule has 0 saturated carbocycles. The third kappa shape index (κ3) is 3.78. The zero-order valence-electron chi connectivity index (χ0n) is 18.0. The maximum Gasteiger partial charge on any atom is 0.263 e. The molecule has 1 unspecified atom stereocenters. The van der Waals surface area contributed by atoms with Crippen molar-refractivity contribution in [1.29, 1.82) is 0 Å². The third-order valence-corrected chi connectivity index (χ3v) is 7.84. The number of nitrogens with two attached hydrogens (primary N) is 1. The molecular weight excluding hydrogens is 398 g/mol. The Morgan fingerprint density at radius 2 is 2.00 bits per heavy atom. The van der Waals surface area contributed by atoms with E-state index < -0.39 is 0 Å². The van der Waals surface area contributed by atoms with Crippen LogP contribution in [0.25, 0.3) is 10.2 Å². The number of anilines is 1. The van der Waals surface area contributed by atoms with Crippen LogP contribution >= 0.6 is 11.3 Å². The molecule has 8 heteroatoms. The summed E-state index contributed by atoms with van der Waals surface area (Å²) in [4.78, 5) is 35.8.